The zero-order valence-electron chi connectivity index (χ0n) is 11.0. The van der Waals surface area contributed by atoms with Gasteiger partial charge in [-0.25, -0.2) is 8.42 Å². The summed E-state index contributed by atoms with van der Waals surface area (Å²) >= 11 is 6.07. The number of fused-ring (bicyclic) bond motifs is 1. The highest BCUT2D eigenvalue weighted by atomic mass is 35.5. The first kappa shape index (κ1) is 14.6. The van der Waals surface area contributed by atoms with Gasteiger partial charge in [0, 0.05) is 19.2 Å². The number of nitrogens with one attached hydrogen (secondary N) is 1. The van der Waals surface area contributed by atoms with Crippen molar-refractivity contribution < 1.29 is 22.7 Å². The van der Waals surface area contributed by atoms with Crippen LogP contribution in [0, 0.1) is 0 Å². The number of rotatable bonds is 2. The van der Waals surface area contributed by atoms with Gasteiger partial charge >= 0.3 is 0 Å². The van der Waals surface area contributed by atoms with E-state index < -0.39 is 10.0 Å². The maximum Gasteiger partial charge on any atom is 0.262 e. The van der Waals surface area contributed by atoms with E-state index in [2.05, 4.69) is 5.32 Å². The summed E-state index contributed by atoms with van der Waals surface area (Å²) in [4.78, 5) is 11.2. The van der Waals surface area contributed by atoms with Gasteiger partial charge in [-0.15, -0.1) is 0 Å². The Kier molecular flexibility index (Phi) is 3.78. The second kappa shape index (κ2) is 5.45. The van der Waals surface area contributed by atoms with Gasteiger partial charge in [0.25, 0.3) is 5.91 Å². The number of halogens is 1. The van der Waals surface area contributed by atoms with Crippen LogP contribution in [0.5, 0.6) is 5.75 Å². The van der Waals surface area contributed by atoms with Crippen LogP contribution in [0.2, 0.25) is 5.02 Å². The van der Waals surface area contributed by atoms with Crippen molar-refractivity contribution in [3.05, 3.63) is 17.2 Å². The van der Waals surface area contributed by atoms with Gasteiger partial charge in [0.15, 0.2) is 6.61 Å². The van der Waals surface area contributed by atoms with E-state index in [1.54, 1.807) is 0 Å². The first-order valence-electron chi connectivity index (χ1n) is 6.32. The molecule has 2 heterocycles. The Hall–Kier alpha value is -1.35. The Morgan fingerprint density at radius 1 is 1.24 bits per heavy atom. The third kappa shape index (κ3) is 2.71. The highest BCUT2D eigenvalue weighted by Gasteiger charge is 2.30. The topological polar surface area (TPSA) is 84.9 Å². The minimum atomic E-state index is -3.71. The van der Waals surface area contributed by atoms with Crippen molar-refractivity contribution >= 4 is 33.2 Å². The van der Waals surface area contributed by atoms with Crippen LogP contribution >= 0.6 is 11.6 Å². The molecule has 0 atom stereocenters. The second-order valence-corrected chi connectivity index (χ2v) is 6.95. The molecule has 1 fully saturated rings. The van der Waals surface area contributed by atoms with Gasteiger partial charge in [-0.05, 0) is 6.07 Å². The number of hydrogen-bond acceptors (Lipinski definition) is 5. The number of carbonyl (C=O) groups excluding carboxylic acids is 1. The lowest BCUT2D eigenvalue weighted by atomic mass is 10.2. The molecule has 1 aromatic carbocycles. The van der Waals surface area contributed by atoms with Gasteiger partial charge in [0.2, 0.25) is 10.0 Å². The van der Waals surface area contributed by atoms with Crippen LogP contribution < -0.4 is 10.1 Å². The van der Waals surface area contributed by atoms with Crippen LogP contribution in [0.4, 0.5) is 5.69 Å². The maximum absolute atomic E-state index is 12.6. The van der Waals surface area contributed by atoms with Gasteiger partial charge in [-0.1, -0.05) is 11.6 Å². The average molecular weight is 333 g/mol. The first-order valence-corrected chi connectivity index (χ1v) is 8.14. The Labute approximate surface area is 126 Å². The molecule has 1 saturated heterocycles. The quantitative estimate of drug-likeness (QED) is 0.861. The van der Waals surface area contributed by atoms with Crippen LogP contribution in [0.1, 0.15) is 0 Å². The molecular weight excluding hydrogens is 320 g/mol. The van der Waals surface area contributed by atoms with E-state index in [-0.39, 0.29) is 35.5 Å². The van der Waals surface area contributed by atoms with E-state index in [1.165, 1.54) is 16.4 Å². The summed E-state index contributed by atoms with van der Waals surface area (Å²) in [5.41, 5.74) is 0.372. The number of amides is 1. The summed E-state index contributed by atoms with van der Waals surface area (Å²) in [5, 5.41) is 2.63. The van der Waals surface area contributed by atoms with E-state index in [0.29, 0.717) is 24.7 Å². The zero-order chi connectivity index (χ0) is 15.0. The molecule has 0 spiro atoms. The minimum absolute atomic E-state index is 0.0269. The molecule has 2 aliphatic heterocycles. The lowest BCUT2D eigenvalue weighted by Crippen LogP contribution is -2.40. The van der Waals surface area contributed by atoms with Crippen molar-refractivity contribution in [2.24, 2.45) is 0 Å². The molecule has 0 unspecified atom stereocenters. The van der Waals surface area contributed by atoms with Crippen molar-refractivity contribution in [1.82, 2.24) is 4.31 Å². The number of hydrogen-bond donors (Lipinski definition) is 1. The normalized spacial score (nSPS) is 19.6. The first-order chi connectivity index (χ1) is 9.98. The lowest BCUT2D eigenvalue weighted by molar-refractivity contribution is -0.118. The molecule has 0 saturated carbocycles. The predicted octanol–water partition coefficient (Wildman–Crippen LogP) is 0.692. The van der Waals surface area contributed by atoms with E-state index in [0.717, 1.165) is 0 Å². The summed E-state index contributed by atoms with van der Waals surface area (Å²) in [6.45, 7) is 1.13. The monoisotopic (exact) mass is 332 g/mol. The number of morpholine rings is 1. The molecule has 114 valence electrons. The fraction of sp³-hybridized carbons (Fsp3) is 0.417. The molecule has 9 heteroatoms. The fourth-order valence-corrected chi connectivity index (χ4v) is 4.13. The third-order valence-corrected chi connectivity index (χ3v) is 5.62. The molecule has 1 amide bonds. The average Bonchev–Trinajstić information content (AvgIpc) is 2.47. The van der Waals surface area contributed by atoms with Crippen molar-refractivity contribution in [2.75, 3.05) is 38.2 Å². The molecule has 21 heavy (non-hydrogen) atoms. The van der Waals surface area contributed by atoms with E-state index in [4.69, 9.17) is 21.1 Å². The summed E-state index contributed by atoms with van der Waals surface area (Å²) in [6, 6.07) is 2.74. The minimum Gasteiger partial charge on any atom is -0.482 e. The third-order valence-electron chi connectivity index (χ3n) is 3.25. The van der Waals surface area contributed by atoms with Crippen LogP contribution in [0.3, 0.4) is 0 Å². The Bertz CT molecular complexity index is 685. The largest absolute Gasteiger partial charge is 0.482 e. The van der Waals surface area contributed by atoms with Crippen LogP contribution in [0.25, 0.3) is 0 Å². The fourth-order valence-electron chi connectivity index (χ4n) is 2.21. The van der Waals surface area contributed by atoms with Gasteiger partial charge in [-0.2, -0.15) is 4.31 Å². The molecule has 0 aromatic heterocycles. The number of nitrogens with zero attached hydrogens (tertiary/aromatic N) is 1. The van der Waals surface area contributed by atoms with Gasteiger partial charge in [0.05, 0.1) is 23.9 Å². The number of sulfonamides is 1. The summed E-state index contributed by atoms with van der Waals surface area (Å²) in [5.74, 6) is -0.00631. The van der Waals surface area contributed by atoms with Crippen LogP contribution in [0.15, 0.2) is 17.0 Å². The molecule has 1 N–H and O–H groups in total. The van der Waals surface area contributed by atoms with E-state index in [9.17, 15) is 13.2 Å². The molecule has 0 aliphatic carbocycles. The molecule has 7 nitrogen and oxygen atoms in total. The van der Waals surface area contributed by atoms with E-state index >= 15 is 0 Å². The van der Waals surface area contributed by atoms with Crippen molar-refractivity contribution in [3.63, 3.8) is 0 Å². The summed E-state index contributed by atoms with van der Waals surface area (Å²) < 4.78 is 36.9. The second-order valence-electron chi connectivity index (χ2n) is 4.63. The molecule has 2 aliphatic rings. The standard InChI is InChI=1S/C12H13ClN2O5S/c13-8-5-9-10(20-7-12(16)14-9)6-11(8)21(17,18)15-1-3-19-4-2-15/h5-6H,1-4,7H2,(H,14,16). The lowest BCUT2D eigenvalue weighted by Gasteiger charge is -2.27. The number of benzene rings is 1. The highest BCUT2D eigenvalue weighted by molar-refractivity contribution is 7.89. The van der Waals surface area contributed by atoms with Crippen molar-refractivity contribution in [2.45, 2.75) is 4.90 Å². The van der Waals surface area contributed by atoms with Crippen LogP contribution in [-0.2, 0) is 19.6 Å². The molecule has 1 aromatic rings. The molecule has 0 radical (unpaired) electrons. The number of carbonyl (C=O) groups is 1. The molecule has 0 bridgehead atoms. The van der Waals surface area contributed by atoms with E-state index in [1.807, 2.05) is 0 Å². The Morgan fingerprint density at radius 2 is 1.95 bits per heavy atom. The summed E-state index contributed by atoms with van der Waals surface area (Å²) in [7, 11) is -3.71. The highest BCUT2D eigenvalue weighted by Crippen LogP contribution is 2.36. The Morgan fingerprint density at radius 3 is 2.67 bits per heavy atom. The SMILES string of the molecule is O=C1COc2cc(S(=O)(=O)N3CCOCC3)c(Cl)cc2N1. The smallest absolute Gasteiger partial charge is 0.262 e. The predicted molar refractivity (Wildman–Crippen MR) is 75.2 cm³/mol. The van der Waals surface area contributed by atoms with Gasteiger partial charge < -0.3 is 14.8 Å². The van der Waals surface area contributed by atoms with Crippen molar-refractivity contribution in [3.8, 4) is 5.75 Å². The number of anilines is 1. The van der Waals surface area contributed by atoms with Gasteiger partial charge in [0.1, 0.15) is 10.6 Å². The number of ether oxygens (including phenoxy) is 2. The zero-order valence-corrected chi connectivity index (χ0v) is 12.5. The molecule has 3 rings (SSSR count). The van der Waals surface area contributed by atoms with Crippen LogP contribution in [-0.4, -0.2) is 51.5 Å². The molecular formula is C12H13ClN2O5S. The maximum atomic E-state index is 12.6. The Balaban J connectivity index is 2.00. The summed E-state index contributed by atoms with van der Waals surface area (Å²) in [6.07, 6.45) is 0. The van der Waals surface area contributed by atoms with Crippen molar-refractivity contribution in [1.29, 1.82) is 0 Å². The van der Waals surface area contributed by atoms with Gasteiger partial charge in [-0.3, -0.25) is 4.79 Å².